The molecule has 0 atom stereocenters. The van der Waals surface area contributed by atoms with Gasteiger partial charge < -0.3 is 5.11 Å². The van der Waals surface area contributed by atoms with Gasteiger partial charge in [0, 0.05) is 0 Å². The van der Waals surface area contributed by atoms with Crippen molar-refractivity contribution in [1.82, 2.24) is 0 Å². The normalized spacial score (nSPS) is 10.8. The monoisotopic (exact) mass is 252 g/mol. The van der Waals surface area contributed by atoms with Gasteiger partial charge >= 0.3 is 5.97 Å². The summed E-state index contributed by atoms with van der Waals surface area (Å²) >= 11 is 0. The van der Waals surface area contributed by atoms with Gasteiger partial charge in [-0.1, -0.05) is 59.7 Å². The lowest BCUT2D eigenvalue weighted by Gasteiger charge is -2.02. The highest BCUT2D eigenvalue weighted by Gasteiger charge is 2.05. The molecule has 0 bridgehead atoms. The van der Waals surface area contributed by atoms with Crippen molar-refractivity contribution < 1.29 is 9.90 Å². The van der Waals surface area contributed by atoms with Gasteiger partial charge in [0.05, 0.1) is 5.56 Å². The maximum absolute atomic E-state index is 11.1. The number of carboxylic acids is 1. The molecule has 2 aromatic carbocycles. The van der Waals surface area contributed by atoms with Crippen LogP contribution in [-0.4, -0.2) is 11.1 Å². The summed E-state index contributed by atoms with van der Waals surface area (Å²) in [5.74, 6) is -0.902. The van der Waals surface area contributed by atoms with Crippen LogP contribution in [0.5, 0.6) is 0 Å². The Morgan fingerprint density at radius 1 is 1.00 bits per heavy atom. The zero-order valence-corrected chi connectivity index (χ0v) is 11.1. The Hall–Kier alpha value is -2.35. The Labute approximate surface area is 113 Å². The second-order valence-corrected chi connectivity index (χ2v) is 4.65. The molecule has 0 fully saturated rings. The zero-order chi connectivity index (χ0) is 13.8. The van der Waals surface area contributed by atoms with Gasteiger partial charge in [-0.05, 0) is 31.0 Å². The molecule has 0 radical (unpaired) electrons. The van der Waals surface area contributed by atoms with Crippen molar-refractivity contribution in [2.45, 2.75) is 13.8 Å². The second kappa shape index (κ2) is 5.53. The van der Waals surface area contributed by atoms with Crippen molar-refractivity contribution in [2.24, 2.45) is 0 Å². The van der Waals surface area contributed by atoms with E-state index in [0.717, 1.165) is 5.56 Å². The quantitative estimate of drug-likeness (QED) is 0.832. The predicted molar refractivity (Wildman–Crippen MR) is 78.2 cm³/mol. The molecule has 19 heavy (non-hydrogen) atoms. The van der Waals surface area contributed by atoms with Crippen molar-refractivity contribution >= 4 is 18.1 Å². The van der Waals surface area contributed by atoms with E-state index in [-0.39, 0.29) is 0 Å². The number of aromatic carboxylic acids is 1. The molecule has 96 valence electrons. The Balaban J connectivity index is 2.35. The fourth-order valence-corrected chi connectivity index (χ4v) is 2.13. The summed E-state index contributed by atoms with van der Waals surface area (Å²) in [6.07, 6.45) is 3.79. The van der Waals surface area contributed by atoms with E-state index in [1.54, 1.807) is 12.1 Å². The first-order valence-electron chi connectivity index (χ1n) is 6.15. The first-order valence-corrected chi connectivity index (χ1v) is 6.15. The molecule has 0 saturated carbocycles. The minimum atomic E-state index is -0.902. The largest absolute Gasteiger partial charge is 0.478 e. The van der Waals surface area contributed by atoms with Crippen LogP contribution in [0.4, 0.5) is 0 Å². The molecular formula is C17H16O2. The topological polar surface area (TPSA) is 37.3 Å². The van der Waals surface area contributed by atoms with Crippen molar-refractivity contribution in [2.75, 3.05) is 0 Å². The molecule has 0 heterocycles. The molecule has 0 amide bonds. The molecule has 2 rings (SSSR count). The van der Waals surface area contributed by atoms with Crippen molar-refractivity contribution in [3.05, 3.63) is 70.3 Å². The lowest BCUT2D eigenvalue weighted by molar-refractivity contribution is 0.0696. The third-order valence-corrected chi connectivity index (χ3v) is 2.89. The average Bonchev–Trinajstić information content (AvgIpc) is 2.35. The lowest BCUT2D eigenvalue weighted by Crippen LogP contribution is -1.98. The predicted octanol–water partition coefficient (Wildman–Crippen LogP) is 4.17. The first-order chi connectivity index (χ1) is 9.06. The average molecular weight is 252 g/mol. The fourth-order valence-electron chi connectivity index (χ4n) is 2.13. The molecular weight excluding hydrogens is 236 g/mol. The molecule has 0 saturated heterocycles. The van der Waals surface area contributed by atoms with Crippen LogP contribution in [0, 0.1) is 13.8 Å². The molecule has 2 heteroatoms. The summed E-state index contributed by atoms with van der Waals surface area (Å²) in [5.41, 5.74) is 4.52. The van der Waals surface area contributed by atoms with Crippen LogP contribution >= 0.6 is 0 Å². The van der Waals surface area contributed by atoms with E-state index in [4.69, 9.17) is 5.11 Å². The van der Waals surface area contributed by atoms with E-state index >= 15 is 0 Å². The summed E-state index contributed by atoms with van der Waals surface area (Å²) in [6.45, 7) is 4.10. The highest BCUT2D eigenvalue weighted by atomic mass is 16.4. The smallest absolute Gasteiger partial charge is 0.336 e. The van der Waals surface area contributed by atoms with E-state index in [0.29, 0.717) is 11.1 Å². The van der Waals surface area contributed by atoms with E-state index in [9.17, 15) is 4.79 Å². The minimum absolute atomic E-state index is 0.322. The van der Waals surface area contributed by atoms with Gasteiger partial charge in [-0.2, -0.15) is 0 Å². The highest BCUT2D eigenvalue weighted by molar-refractivity contribution is 5.93. The highest BCUT2D eigenvalue weighted by Crippen LogP contribution is 2.15. The van der Waals surface area contributed by atoms with Gasteiger partial charge in [-0.15, -0.1) is 0 Å². The van der Waals surface area contributed by atoms with Crippen LogP contribution < -0.4 is 0 Å². The zero-order valence-electron chi connectivity index (χ0n) is 11.1. The molecule has 0 aliphatic heterocycles. The van der Waals surface area contributed by atoms with Gasteiger partial charge in [-0.25, -0.2) is 4.79 Å². The van der Waals surface area contributed by atoms with E-state index in [2.05, 4.69) is 32.0 Å². The number of rotatable bonds is 3. The maximum atomic E-state index is 11.1. The number of hydrogen-bond donors (Lipinski definition) is 1. The van der Waals surface area contributed by atoms with Crippen LogP contribution in [0.1, 0.15) is 32.6 Å². The number of carbonyl (C=O) groups is 1. The third kappa shape index (κ3) is 3.32. The molecule has 0 aromatic heterocycles. The minimum Gasteiger partial charge on any atom is -0.478 e. The molecule has 2 aromatic rings. The lowest BCUT2D eigenvalue weighted by atomic mass is 10.0. The molecule has 2 nitrogen and oxygen atoms in total. The van der Waals surface area contributed by atoms with Gasteiger partial charge in [0.25, 0.3) is 0 Å². The third-order valence-electron chi connectivity index (χ3n) is 2.89. The summed E-state index contributed by atoms with van der Waals surface area (Å²) < 4.78 is 0. The van der Waals surface area contributed by atoms with Crippen LogP contribution in [0.25, 0.3) is 12.2 Å². The maximum Gasteiger partial charge on any atom is 0.336 e. The van der Waals surface area contributed by atoms with Gasteiger partial charge in [-0.3, -0.25) is 0 Å². The Morgan fingerprint density at radius 2 is 1.63 bits per heavy atom. The van der Waals surface area contributed by atoms with Crippen molar-refractivity contribution in [1.29, 1.82) is 0 Å². The number of carboxylic acid groups (broad SMARTS) is 1. The molecule has 0 spiro atoms. The first kappa shape index (κ1) is 13.1. The molecule has 1 N–H and O–H groups in total. The molecule has 0 aliphatic carbocycles. The summed E-state index contributed by atoms with van der Waals surface area (Å²) in [6, 6.07) is 13.3. The number of benzene rings is 2. The van der Waals surface area contributed by atoms with E-state index in [1.807, 2.05) is 24.3 Å². The van der Waals surface area contributed by atoms with Crippen molar-refractivity contribution in [3.8, 4) is 0 Å². The van der Waals surface area contributed by atoms with Gasteiger partial charge in [0.1, 0.15) is 0 Å². The Morgan fingerprint density at radius 3 is 2.26 bits per heavy atom. The Kier molecular flexibility index (Phi) is 3.81. The van der Waals surface area contributed by atoms with Gasteiger partial charge in [0.2, 0.25) is 0 Å². The summed E-state index contributed by atoms with van der Waals surface area (Å²) in [7, 11) is 0. The van der Waals surface area contributed by atoms with Crippen molar-refractivity contribution in [3.63, 3.8) is 0 Å². The summed E-state index contributed by atoms with van der Waals surface area (Å²) in [4.78, 5) is 11.1. The van der Waals surface area contributed by atoms with Crippen LogP contribution in [0.2, 0.25) is 0 Å². The van der Waals surface area contributed by atoms with Gasteiger partial charge in [0.15, 0.2) is 0 Å². The van der Waals surface area contributed by atoms with Crippen LogP contribution in [-0.2, 0) is 0 Å². The number of hydrogen-bond acceptors (Lipinski definition) is 1. The van der Waals surface area contributed by atoms with E-state index in [1.165, 1.54) is 11.1 Å². The van der Waals surface area contributed by atoms with Crippen LogP contribution in [0.3, 0.4) is 0 Å². The van der Waals surface area contributed by atoms with Crippen LogP contribution in [0.15, 0.2) is 42.5 Å². The standard InChI is InChI=1S/C17H16O2/c1-12-9-13(2)11-14(10-12)7-8-15-5-3-4-6-16(15)17(18)19/h3-11H,1-2H3,(H,18,19). The fraction of sp³-hybridized carbons (Fsp3) is 0.118. The SMILES string of the molecule is Cc1cc(C)cc(C=Cc2ccccc2C(=O)O)c1. The summed E-state index contributed by atoms with van der Waals surface area (Å²) in [5, 5.41) is 9.12. The Bertz CT molecular complexity index is 619. The second-order valence-electron chi connectivity index (χ2n) is 4.65. The molecule has 0 unspecified atom stereocenters. The van der Waals surface area contributed by atoms with E-state index < -0.39 is 5.97 Å². The molecule has 0 aliphatic rings. The number of aryl methyl sites for hydroxylation is 2.